The Morgan fingerprint density at radius 3 is 2.40 bits per heavy atom. The van der Waals surface area contributed by atoms with Gasteiger partial charge in [-0.3, -0.25) is 9.88 Å². The van der Waals surface area contributed by atoms with Gasteiger partial charge in [0.15, 0.2) is 0 Å². The van der Waals surface area contributed by atoms with E-state index in [1.54, 1.807) is 7.11 Å². The summed E-state index contributed by atoms with van der Waals surface area (Å²) in [5, 5.41) is 0. The molecule has 1 atom stereocenters. The van der Waals surface area contributed by atoms with Gasteiger partial charge in [-0.05, 0) is 61.7 Å². The molecule has 0 unspecified atom stereocenters. The van der Waals surface area contributed by atoms with Crippen LogP contribution in [0.1, 0.15) is 24.3 Å². The highest BCUT2D eigenvalue weighted by atomic mass is 35.5. The summed E-state index contributed by atoms with van der Waals surface area (Å²) in [5.41, 5.74) is 4.37. The second-order valence-electron chi connectivity index (χ2n) is 7.37. The number of pyridine rings is 1. The van der Waals surface area contributed by atoms with E-state index in [1.807, 2.05) is 31.5 Å². The molecule has 3 heterocycles. The second-order valence-corrected chi connectivity index (χ2v) is 7.37. The molecule has 7 heteroatoms. The quantitative estimate of drug-likeness (QED) is 0.495. The summed E-state index contributed by atoms with van der Waals surface area (Å²) in [6, 6.07) is 12.9. The van der Waals surface area contributed by atoms with Gasteiger partial charge in [-0.2, -0.15) is 0 Å². The second kappa shape index (κ2) is 11.5. The molecule has 1 aromatic carbocycles. The van der Waals surface area contributed by atoms with E-state index in [2.05, 4.69) is 34.1 Å². The first-order valence-corrected chi connectivity index (χ1v) is 9.94. The zero-order valence-electron chi connectivity index (χ0n) is 17.4. The number of aromatic nitrogens is 2. The molecule has 162 valence electrons. The molecule has 0 aliphatic carbocycles. The Hall–Kier alpha value is -1.92. The van der Waals surface area contributed by atoms with Gasteiger partial charge in [-0.25, -0.2) is 4.98 Å². The first kappa shape index (κ1) is 24.4. The van der Waals surface area contributed by atoms with Crippen molar-refractivity contribution < 1.29 is 9.15 Å². The van der Waals surface area contributed by atoms with E-state index in [0.29, 0.717) is 11.9 Å². The van der Waals surface area contributed by atoms with Crippen molar-refractivity contribution in [2.75, 3.05) is 26.8 Å². The minimum Gasteiger partial charge on any atom is -0.441 e. The third-order valence-electron chi connectivity index (χ3n) is 5.53. The van der Waals surface area contributed by atoms with Crippen LogP contribution in [0.3, 0.4) is 0 Å². The van der Waals surface area contributed by atoms with Crippen LogP contribution in [0.5, 0.6) is 0 Å². The lowest BCUT2D eigenvalue weighted by Gasteiger charge is -2.23. The molecule has 30 heavy (non-hydrogen) atoms. The molecule has 4 rings (SSSR count). The van der Waals surface area contributed by atoms with Crippen molar-refractivity contribution in [1.82, 2.24) is 14.9 Å². The van der Waals surface area contributed by atoms with Crippen LogP contribution in [0.15, 0.2) is 53.2 Å². The predicted molar refractivity (Wildman–Crippen MR) is 125 cm³/mol. The fourth-order valence-corrected chi connectivity index (χ4v) is 3.95. The number of methoxy groups -OCH3 is 1. The fraction of sp³-hybridized carbons (Fsp3) is 0.391. The van der Waals surface area contributed by atoms with Crippen molar-refractivity contribution in [2.45, 2.75) is 32.2 Å². The van der Waals surface area contributed by atoms with Crippen LogP contribution >= 0.6 is 24.8 Å². The van der Waals surface area contributed by atoms with Crippen LogP contribution in [0.2, 0.25) is 0 Å². The topological polar surface area (TPSA) is 51.4 Å². The molecular weight excluding hydrogens is 421 g/mol. The SMILES string of the molecule is COC[C@@H]1CCCN1CCc1nc(-c2ccc(-c3ccncc3)cc2)oc1C.Cl.Cl. The zero-order chi connectivity index (χ0) is 19.3. The van der Waals surface area contributed by atoms with E-state index in [-0.39, 0.29) is 24.8 Å². The highest BCUT2D eigenvalue weighted by Gasteiger charge is 2.24. The lowest BCUT2D eigenvalue weighted by Crippen LogP contribution is -2.34. The molecule has 0 spiro atoms. The largest absolute Gasteiger partial charge is 0.441 e. The van der Waals surface area contributed by atoms with E-state index < -0.39 is 0 Å². The van der Waals surface area contributed by atoms with Gasteiger partial charge in [0.25, 0.3) is 0 Å². The summed E-state index contributed by atoms with van der Waals surface area (Å²) >= 11 is 0. The summed E-state index contributed by atoms with van der Waals surface area (Å²) in [7, 11) is 1.78. The molecule has 2 aromatic heterocycles. The molecule has 0 bridgehead atoms. The van der Waals surface area contributed by atoms with Gasteiger partial charge in [0, 0.05) is 44.1 Å². The maximum absolute atomic E-state index is 5.97. The van der Waals surface area contributed by atoms with Gasteiger partial charge in [0.2, 0.25) is 5.89 Å². The summed E-state index contributed by atoms with van der Waals surface area (Å²) in [6.07, 6.45) is 7.00. The van der Waals surface area contributed by atoms with Crippen molar-refractivity contribution in [2.24, 2.45) is 0 Å². The number of benzene rings is 1. The highest BCUT2D eigenvalue weighted by Crippen LogP contribution is 2.26. The minimum absolute atomic E-state index is 0. The molecule has 0 saturated carbocycles. The van der Waals surface area contributed by atoms with Crippen molar-refractivity contribution in [3.05, 3.63) is 60.2 Å². The van der Waals surface area contributed by atoms with Crippen LogP contribution in [-0.2, 0) is 11.2 Å². The van der Waals surface area contributed by atoms with Crippen LogP contribution < -0.4 is 0 Å². The Bertz CT molecular complexity index is 901. The maximum atomic E-state index is 5.97. The van der Waals surface area contributed by atoms with Crippen molar-refractivity contribution in [3.63, 3.8) is 0 Å². The Balaban J connectivity index is 0.00000160. The van der Waals surface area contributed by atoms with Crippen molar-refractivity contribution in [1.29, 1.82) is 0 Å². The first-order chi connectivity index (χ1) is 13.7. The fourth-order valence-electron chi connectivity index (χ4n) is 3.95. The van der Waals surface area contributed by atoms with Gasteiger partial charge in [-0.15, -0.1) is 24.8 Å². The molecule has 5 nitrogen and oxygen atoms in total. The number of nitrogens with zero attached hydrogens (tertiary/aromatic N) is 3. The predicted octanol–water partition coefficient (Wildman–Crippen LogP) is 5.21. The number of oxazole rings is 1. The monoisotopic (exact) mass is 449 g/mol. The third kappa shape index (κ3) is 5.61. The van der Waals surface area contributed by atoms with E-state index in [4.69, 9.17) is 14.1 Å². The summed E-state index contributed by atoms with van der Waals surface area (Å²) < 4.78 is 11.3. The molecule has 1 saturated heterocycles. The van der Waals surface area contributed by atoms with E-state index in [9.17, 15) is 0 Å². The molecule has 1 fully saturated rings. The van der Waals surface area contributed by atoms with E-state index in [0.717, 1.165) is 54.3 Å². The molecule has 1 aliphatic rings. The number of ether oxygens (including phenoxy) is 1. The average molecular weight is 450 g/mol. The Morgan fingerprint density at radius 2 is 1.70 bits per heavy atom. The number of hydrogen-bond donors (Lipinski definition) is 0. The first-order valence-electron chi connectivity index (χ1n) is 9.94. The van der Waals surface area contributed by atoms with Crippen molar-refractivity contribution in [3.8, 4) is 22.6 Å². The minimum atomic E-state index is 0. The normalized spacial score (nSPS) is 16.1. The molecular formula is C23H29Cl2N3O2. The number of aryl methyl sites for hydroxylation is 1. The number of likely N-dealkylation sites (tertiary alicyclic amines) is 1. The van der Waals surface area contributed by atoms with Gasteiger partial charge >= 0.3 is 0 Å². The Morgan fingerprint density at radius 1 is 1.03 bits per heavy atom. The van der Waals surface area contributed by atoms with Gasteiger partial charge < -0.3 is 9.15 Å². The highest BCUT2D eigenvalue weighted by molar-refractivity contribution is 5.85. The van der Waals surface area contributed by atoms with Gasteiger partial charge in [-0.1, -0.05) is 12.1 Å². The molecule has 0 amide bonds. The number of rotatable bonds is 7. The van der Waals surface area contributed by atoms with Crippen LogP contribution in [0, 0.1) is 6.92 Å². The lowest BCUT2D eigenvalue weighted by molar-refractivity contribution is 0.116. The third-order valence-corrected chi connectivity index (χ3v) is 5.53. The number of halogens is 2. The van der Waals surface area contributed by atoms with E-state index in [1.165, 1.54) is 12.8 Å². The standard InChI is InChI=1S/C23H27N3O2.2ClH/c1-17-22(11-15-26-14-3-4-21(26)16-27-2)25-23(28-17)20-7-5-18(6-8-20)19-9-12-24-13-10-19;;/h5-10,12-13,21H,3-4,11,14-16H2,1-2H3;2*1H/t21-;;/m0../s1. The van der Waals surface area contributed by atoms with Crippen LogP contribution in [-0.4, -0.2) is 47.7 Å². The average Bonchev–Trinajstić information content (AvgIpc) is 3.33. The maximum Gasteiger partial charge on any atom is 0.226 e. The molecule has 3 aromatic rings. The van der Waals surface area contributed by atoms with Gasteiger partial charge in [0.1, 0.15) is 5.76 Å². The summed E-state index contributed by atoms with van der Waals surface area (Å²) in [4.78, 5) is 11.4. The smallest absolute Gasteiger partial charge is 0.226 e. The lowest BCUT2D eigenvalue weighted by atomic mass is 10.1. The molecule has 0 radical (unpaired) electrons. The Labute approximate surface area is 190 Å². The summed E-state index contributed by atoms with van der Waals surface area (Å²) in [5.74, 6) is 1.61. The summed E-state index contributed by atoms with van der Waals surface area (Å²) in [6.45, 7) is 4.97. The van der Waals surface area contributed by atoms with Crippen molar-refractivity contribution >= 4 is 24.8 Å². The van der Waals surface area contributed by atoms with Crippen LogP contribution in [0.4, 0.5) is 0 Å². The molecule has 0 N–H and O–H groups in total. The van der Waals surface area contributed by atoms with Crippen LogP contribution in [0.25, 0.3) is 22.6 Å². The molecule has 1 aliphatic heterocycles. The zero-order valence-corrected chi connectivity index (χ0v) is 19.0. The Kier molecular flexibility index (Phi) is 9.31. The number of hydrogen-bond acceptors (Lipinski definition) is 5. The van der Waals surface area contributed by atoms with Gasteiger partial charge in [0.05, 0.1) is 12.3 Å². The van der Waals surface area contributed by atoms with E-state index >= 15 is 0 Å².